The van der Waals surface area contributed by atoms with Crippen molar-refractivity contribution in [3.63, 3.8) is 0 Å². The van der Waals surface area contributed by atoms with Crippen LogP contribution >= 0.6 is 0 Å². The predicted octanol–water partition coefficient (Wildman–Crippen LogP) is 9.94. The Kier molecular flexibility index (Phi) is 4.47. The molecule has 0 heteroatoms. The number of aryl methyl sites for hydroxylation is 1. The van der Waals surface area contributed by atoms with Gasteiger partial charge in [0.2, 0.25) is 0 Å². The van der Waals surface area contributed by atoms with E-state index >= 15 is 0 Å². The fraction of sp³-hybridized carbons (Fsp3) is 0.0286. The zero-order chi connectivity index (χ0) is 23.4. The molecule has 164 valence electrons. The van der Waals surface area contributed by atoms with Crippen LogP contribution in [0.25, 0.3) is 65.3 Å². The molecule has 0 amide bonds. The first-order valence-corrected chi connectivity index (χ1v) is 12.2. The molecule has 0 saturated carbocycles. The summed E-state index contributed by atoms with van der Waals surface area (Å²) in [5.41, 5.74) is 6.36. The average molecular weight is 445 g/mol. The molecule has 0 fully saturated rings. The van der Waals surface area contributed by atoms with Crippen LogP contribution in [0.5, 0.6) is 0 Å². The molecule has 7 aromatic rings. The van der Waals surface area contributed by atoms with E-state index in [2.05, 4.69) is 134 Å². The van der Waals surface area contributed by atoms with Gasteiger partial charge in [0.25, 0.3) is 0 Å². The number of fused-ring (bicyclic) bond motifs is 4. The molecule has 0 N–H and O–H groups in total. The van der Waals surface area contributed by atoms with Gasteiger partial charge in [-0.3, -0.25) is 0 Å². The van der Waals surface area contributed by atoms with Crippen molar-refractivity contribution in [2.75, 3.05) is 0 Å². The summed E-state index contributed by atoms with van der Waals surface area (Å²) in [5, 5.41) is 10.3. The summed E-state index contributed by atoms with van der Waals surface area (Å²) in [6.07, 6.45) is 0. The van der Waals surface area contributed by atoms with Crippen LogP contribution in [0.1, 0.15) is 5.56 Å². The maximum Gasteiger partial charge on any atom is -0.00266 e. The molecule has 0 spiro atoms. The van der Waals surface area contributed by atoms with E-state index in [1.54, 1.807) is 0 Å². The molecule has 0 aromatic heterocycles. The van der Waals surface area contributed by atoms with Crippen molar-refractivity contribution in [1.82, 2.24) is 0 Å². The molecule has 0 aliphatic rings. The molecule has 0 saturated heterocycles. The number of benzene rings is 7. The molecule has 0 unspecified atom stereocenters. The van der Waals surface area contributed by atoms with E-state index < -0.39 is 0 Å². The average Bonchev–Trinajstić information content (AvgIpc) is 2.90. The molecular weight excluding hydrogens is 420 g/mol. The Hall–Kier alpha value is -4.42. The normalized spacial score (nSPS) is 11.6. The third-order valence-electron chi connectivity index (χ3n) is 7.19. The smallest absolute Gasteiger partial charge is 0.00266 e. The molecule has 0 atom stereocenters. The summed E-state index contributed by atoms with van der Waals surface area (Å²) < 4.78 is 0. The van der Waals surface area contributed by atoms with E-state index in [-0.39, 0.29) is 0 Å². The highest BCUT2D eigenvalue weighted by Gasteiger charge is 2.13. The van der Waals surface area contributed by atoms with Gasteiger partial charge in [-0.05, 0) is 109 Å². The lowest BCUT2D eigenvalue weighted by molar-refractivity contribution is 1.51. The molecule has 0 heterocycles. The summed E-state index contributed by atoms with van der Waals surface area (Å²) in [5.74, 6) is 0. The minimum atomic E-state index is 1.24. The number of hydrogen-bond acceptors (Lipinski definition) is 0. The zero-order valence-corrected chi connectivity index (χ0v) is 19.6. The van der Waals surface area contributed by atoms with Crippen molar-refractivity contribution >= 4 is 43.1 Å². The van der Waals surface area contributed by atoms with Gasteiger partial charge < -0.3 is 0 Å². The van der Waals surface area contributed by atoms with Gasteiger partial charge in [0, 0.05) is 0 Å². The summed E-state index contributed by atoms with van der Waals surface area (Å²) in [7, 11) is 0. The first kappa shape index (κ1) is 20.0. The molecule has 35 heavy (non-hydrogen) atoms. The molecular formula is C35H24. The predicted molar refractivity (Wildman–Crippen MR) is 152 cm³/mol. The van der Waals surface area contributed by atoms with Crippen LogP contribution in [0.3, 0.4) is 0 Å². The molecule has 0 radical (unpaired) electrons. The van der Waals surface area contributed by atoms with Gasteiger partial charge in [0.05, 0.1) is 0 Å². The Morgan fingerprint density at radius 3 is 1.57 bits per heavy atom. The molecule has 7 aromatic carbocycles. The lowest BCUT2D eigenvalue weighted by Crippen LogP contribution is -1.89. The maximum absolute atomic E-state index is 2.39. The van der Waals surface area contributed by atoms with Gasteiger partial charge in [-0.25, -0.2) is 0 Å². The molecule has 0 bridgehead atoms. The van der Waals surface area contributed by atoms with Crippen LogP contribution in [-0.4, -0.2) is 0 Å². The summed E-state index contributed by atoms with van der Waals surface area (Å²) in [6.45, 7) is 2.16. The van der Waals surface area contributed by atoms with Gasteiger partial charge in [-0.15, -0.1) is 0 Å². The van der Waals surface area contributed by atoms with Gasteiger partial charge in [-0.1, -0.05) is 96.6 Å². The van der Waals surface area contributed by atoms with E-state index in [0.717, 1.165) is 0 Å². The Morgan fingerprint density at radius 2 is 0.886 bits per heavy atom. The lowest BCUT2D eigenvalue weighted by Gasteiger charge is -2.15. The first-order valence-electron chi connectivity index (χ1n) is 12.2. The highest BCUT2D eigenvalue weighted by atomic mass is 14.2. The third kappa shape index (κ3) is 3.38. The quantitative estimate of drug-likeness (QED) is 0.233. The summed E-state index contributed by atoms with van der Waals surface area (Å²) in [4.78, 5) is 0. The van der Waals surface area contributed by atoms with Gasteiger partial charge in [0.1, 0.15) is 0 Å². The van der Waals surface area contributed by atoms with E-state index in [4.69, 9.17) is 0 Å². The fourth-order valence-electron chi connectivity index (χ4n) is 5.47. The van der Waals surface area contributed by atoms with Crippen LogP contribution in [-0.2, 0) is 0 Å². The van der Waals surface area contributed by atoms with Crippen molar-refractivity contribution in [2.45, 2.75) is 6.92 Å². The number of hydrogen-bond donors (Lipinski definition) is 0. The Labute approximate surface area is 205 Å². The van der Waals surface area contributed by atoms with E-state index in [0.29, 0.717) is 0 Å². The SMILES string of the molecule is Cc1ccc2cc3cc4cc5c(-c6ccccc6)c(-c6ccccc6)ccc5cc4cc3cc2c1. The standard InChI is InChI=1S/C35H24/c1-23-12-13-26-17-29-21-32-22-34-27(18-30(32)20-31(29)19-28(26)16-23)14-15-33(24-8-4-2-5-9-24)35(34)25-10-6-3-7-11-25/h2-22H,1H3. The molecule has 0 aliphatic carbocycles. The van der Waals surface area contributed by atoms with Crippen molar-refractivity contribution in [3.05, 3.63) is 133 Å². The fourth-order valence-corrected chi connectivity index (χ4v) is 5.47. The highest BCUT2D eigenvalue weighted by Crippen LogP contribution is 2.40. The highest BCUT2D eigenvalue weighted by molar-refractivity contribution is 6.12. The second-order valence-corrected chi connectivity index (χ2v) is 9.54. The van der Waals surface area contributed by atoms with Crippen LogP contribution in [0, 0.1) is 6.92 Å². The second kappa shape index (κ2) is 7.82. The van der Waals surface area contributed by atoms with E-state index in [9.17, 15) is 0 Å². The van der Waals surface area contributed by atoms with Crippen LogP contribution in [0.15, 0.2) is 127 Å². The molecule has 0 aliphatic heterocycles. The molecule has 7 rings (SSSR count). The van der Waals surface area contributed by atoms with Gasteiger partial charge >= 0.3 is 0 Å². The molecule has 0 nitrogen and oxygen atoms in total. The van der Waals surface area contributed by atoms with Crippen molar-refractivity contribution in [2.24, 2.45) is 0 Å². The Bertz CT molecular complexity index is 1880. The van der Waals surface area contributed by atoms with Crippen LogP contribution < -0.4 is 0 Å². The van der Waals surface area contributed by atoms with Crippen LogP contribution in [0.4, 0.5) is 0 Å². The Balaban J connectivity index is 1.55. The van der Waals surface area contributed by atoms with E-state index in [1.807, 2.05) is 0 Å². The summed E-state index contributed by atoms with van der Waals surface area (Å²) >= 11 is 0. The van der Waals surface area contributed by atoms with Gasteiger partial charge in [0.15, 0.2) is 0 Å². The zero-order valence-electron chi connectivity index (χ0n) is 19.6. The van der Waals surface area contributed by atoms with E-state index in [1.165, 1.54) is 70.9 Å². The van der Waals surface area contributed by atoms with Crippen LogP contribution in [0.2, 0.25) is 0 Å². The largest absolute Gasteiger partial charge is 0.0622 e. The second-order valence-electron chi connectivity index (χ2n) is 9.54. The first-order chi connectivity index (χ1) is 17.2. The minimum Gasteiger partial charge on any atom is -0.0622 e. The van der Waals surface area contributed by atoms with Crippen molar-refractivity contribution < 1.29 is 0 Å². The third-order valence-corrected chi connectivity index (χ3v) is 7.19. The monoisotopic (exact) mass is 444 g/mol. The maximum atomic E-state index is 2.39. The van der Waals surface area contributed by atoms with Crippen molar-refractivity contribution in [3.8, 4) is 22.3 Å². The van der Waals surface area contributed by atoms with Gasteiger partial charge in [-0.2, -0.15) is 0 Å². The Morgan fingerprint density at radius 1 is 0.371 bits per heavy atom. The minimum absolute atomic E-state index is 1.24. The number of rotatable bonds is 2. The lowest BCUT2D eigenvalue weighted by atomic mass is 9.88. The summed E-state index contributed by atoms with van der Waals surface area (Å²) in [6, 6.07) is 46.9. The topological polar surface area (TPSA) is 0 Å². The van der Waals surface area contributed by atoms with Crippen molar-refractivity contribution in [1.29, 1.82) is 0 Å².